The minimum absolute atomic E-state index is 0.120. The van der Waals surface area contributed by atoms with Crippen LogP contribution in [0.3, 0.4) is 0 Å². The van der Waals surface area contributed by atoms with Crippen LogP contribution in [0.4, 0.5) is 10.1 Å². The third-order valence-corrected chi connectivity index (χ3v) is 4.16. The molecule has 2 aromatic rings. The maximum absolute atomic E-state index is 13.7. The lowest BCUT2D eigenvalue weighted by Gasteiger charge is -2.36. The van der Waals surface area contributed by atoms with Crippen LogP contribution in [-0.4, -0.2) is 25.7 Å². The molecule has 1 unspecified atom stereocenters. The van der Waals surface area contributed by atoms with E-state index in [2.05, 4.69) is 34.5 Å². The van der Waals surface area contributed by atoms with Crippen molar-refractivity contribution in [1.29, 1.82) is 0 Å². The van der Waals surface area contributed by atoms with E-state index >= 15 is 0 Å². The zero-order chi connectivity index (χ0) is 14.7. The van der Waals surface area contributed by atoms with Gasteiger partial charge in [-0.1, -0.05) is 36.4 Å². The number of halogens is 1. The maximum atomic E-state index is 13.7. The molecule has 1 aliphatic rings. The molecule has 21 heavy (non-hydrogen) atoms. The maximum Gasteiger partial charge on any atom is 0.128 e. The van der Waals surface area contributed by atoms with Crippen LogP contribution in [0.1, 0.15) is 11.1 Å². The molecule has 0 spiro atoms. The molecule has 3 heteroatoms. The van der Waals surface area contributed by atoms with Crippen LogP contribution < -0.4 is 10.2 Å². The third-order valence-electron chi connectivity index (χ3n) is 4.16. The summed E-state index contributed by atoms with van der Waals surface area (Å²) in [6.45, 7) is 4.64. The molecule has 0 saturated carbocycles. The number of nitrogens with zero attached hydrogens (tertiary/aromatic N) is 1. The number of rotatable bonds is 3. The molecule has 1 saturated heterocycles. The standard InChI is InChI=1S/C18H21FN2/c1-14-17(19)8-5-9-18(14)21-11-10-20-16(13-21)12-15-6-3-2-4-7-15/h2-9,16,20H,10-13H2,1H3. The summed E-state index contributed by atoms with van der Waals surface area (Å²) < 4.78 is 13.7. The molecule has 1 fully saturated rings. The smallest absolute Gasteiger partial charge is 0.128 e. The van der Waals surface area contributed by atoms with E-state index in [1.54, 1.807) is 6.07 Å². The van der Waals surface area contributed by atoms with E-state index in [1.807, 2.05) is 19.1 Å². The lowest BCUT2D eigenvalue weighted by Crippen LogP contribution is -2.51. The third kappa shape index (κ3) is 3.24. The molecule has 1 atom stereocenters. The Morgan fingerprint density at radius 1 is 1.14 bits per heavy atom. The minimum atomic E-state index is -0.120. The van der Waals surface area contributed by atoms with Crippen LogP contribution in [0.15, 0.2) is 48.5 Å². The number of piperazine rings is 1. The first-order valence-electron chi connectivity index (χ1n) is 7.51. The molecule has 0 amide bonds. The van der Waals surface area contributed by atoms with Crippen molar-refractivity contribution in [3.63, 3.8) is 0 Å². The van der Waals surface area contributed by atoms with Gasteiger partial charge in [-0.2, -0.15) is 0 Å². The summed E-state index contributed by atoms with van der Waals surface area (Å²) in [4.78, 5) is 2.29. The van der Waals surface area contributed by atoms with E-state index in [9.17, 15) is 4.39 Å². The van der Waals surface area contributed by atoms with E-state index in [1.165, 1.54) is 11.6 Å². The Balaban J connectivity index is 1.72. The second-order valence-electron chi connectivity index (χ2n) is 5.67. The van der Waals surface area contributed by atoms with Crippen molar-refractivity contribution in [2.24, 2.45) is 0 Å². The first kappa shape index (κ1) is 14.1. The highest BCUT2D eigenvalue weighted by atomic mass is 19.1. The molecular formula is C18H21FN2. The number of hydrogen-bond donors (Lipinski definition) is 1. The predicted molar refractivity (Wildman–Crippen MR) is 85.3 cm³/mol. The second kappa shape index (κ2) is 6.27. The fraction of sp³-hybridized carbons (Fsp3) is 0.333. The van der Waals surface area contributed by atoms with Crippen molar-refractivity contribution in [3.05, 3.63) is 65.5 Å². The Kier molecular flexibility index (Phi) is 4.20. The molecule has 1 aliphatic heterocycles. The molecule has 2 nitrogen and oxygen atoms in total. The summed E-state index contributed by atoms with van der Waals surface area (Å²) in [5, 5.41) is 3.57. The summed E-state index contributed by atoms with van der Waals surface area (Å²) in [5.41, 5.74) is 3.11. The summed E-state index contributed by atoms with van der Waals surface area (Å²) in [7, 11) is 0. The fourth-order valence-corrected chi connectivity index (χ4v) is 3.02. The first-order chi connectivity index (χ1) is 10.2. The zero-order valence-corrected chi connectivity index (χ0v) is 12.3. The summed E-state index contributed by atoms with van der Waals surface area (Å²) in [6.07, 6.45) is 1.01. The van der Waals surface area contributed by atoms with Gasteiger partial charge in [0.25, 0.3) is 0 Å². The van der Waals surface area contributed by atoms with Crippen molar-refractivity contribution >= 4 is 5.69 Å². The van der Waals surface area contributed by atoms with Crippen molar-refractivity contribution in [2.75, 3.05) is 24.5 Å². The molecular weight excluding hydrogens is 263 g/mol. The molecule has 1 N–H and O–H groups in total. The van der Waals surface area contributed by atoms with Crippen LogP contribution in [-0.2, 0) is 6.42 Å². The van der Waals surface area contributed by atoms with Gasteiger partial charge in [-0.25, -0.2) is 4.39 Å². The van der Waals surface area contributed by atoms with Crippen molar-refractivity contribution in [2.45, 2.75) is 19.4 Å². The number of hydrogen-bond acceptors (Lipinski definition) is 2. The fourth-order valence-electron chi connectivity index (χ4n) is 3.02. The highest BCUT2D eigenvalue weighted by Crippen LogP contribution is 2.23. The highest BCUT2D eigenvalue weighted by molar-refractivity contribution is 5.54. The number of anilines is 1. The Bertz CT molecular complexity index is 597. The number of benzene rings is 2. The average Bonchev–Trinajstić information content (AvgIpc) is 2.51. The van der Waals surface area contributed by atoms with Gasteiger partial charge in [0, 0.05) is 36.9 Å². The summed E-state index contributed by atoms with van der Waals surface area (Å²) >= 11 is 0. The minimum Gasteiger partial charge on any atom is -0.368 e. The van der Waals surface area contributed by atoms with Crippen LogP contribution in [0.25, 0.3) is 0 Å². The lowest BCUT2D eigenvalue weighted by atomic mass is 10.0. The Hall–Kier alpha value is -1.87. The molecule has 0 aliphatic carbocycles. The van der Waals surface area contributed by atoms with Gasteiger partial charge < -0.3 is 10.2 Å². The van der Waals surface area contributed by atoms with Gasteiger partial charge in [0.1, 0.15) is 5.82 Å². The summed E-state index contributed by atoms with van der Waals surface area (Å²) in [6, 6.07) is 16.3. The van der Waals surface area contributed by atoms with Crippen LogP contribution in [0.5, 0.6) is 0 Å². The van der Waals surface area contributed by atoms with Gasteiger partial charge in [0.2, 0.25) is 0 Å². The molecule has 2 aromatic carbocycles. The lowest BCUT2D eigenvalue weighted by molar-refractivity contribution is 0.453. The van der Waals surface area contributed by atoms with Gasteiger partial charge in [-0.3, -0.25) is 0 Å². The van der Waals surface area contributed by atoms with E-state index in [0.717, 1.165) is 37.3 Å². The first-order valence-corrected chi connectivity index (χ1v) is 7.51. The molecule has 0 aromatic heterocycles. The highest BCUT2D eigenvalue weighted by Gasteiger charge is 2.21. The Labute approximate surface area is 125 Å². The summed E-state index contributed by atoms with van der Waals surface area (Å²) in [5.74, 6) is -0.120. The molecule has 0 radical (unpaired) electrons. The van der Waals surface area contributed by atoms with Crippen molar-refractivity contribution < 1.29 is 4.39 Å². The zero-order valence-electron chi connectivity index (χ0n) is 12.3. The van der Waals surface area contributed by atoms with Gasteiger partial charge in [0.05, 0.1) is 0 Å². The largest absolute Gasteiger partial charge is 0.368 e. The van der Waals surface area contributed by atoms with Gasteiger partial charge in [0.15, 0.2) is 0 Å². The second-order valence-corrected chi connectivity index (χ2v) is 5.67. The normalized spacial score (nSPS) is 18.8. The number of nitrogens with one attached hydrogen (secondary N) is 1. The van der Waals surface area contributed by atoms with Crippen LogP contribution in [0.2, 0.25) is 0 Å². The average molecular weight is 284 g/mol. The van der Waals surface area contributed by atoms with Crippen LogP contribution >= 0.6 is 0 Å². The topological polar surface area (TPSA) is 15.3 Å². The van der Waals surface area contributed by atoms with Gasteiger partial charge in [-0.15, -0.1) is 0 Å². The molecule has 1 heterocycles. The van der Waals surface area contributed by atoms with Crippen LogP contribution in [0, 0.1) is 12.7 Å². The molecule has 3 rings (SSSR count). The van der Waals surface area contributed by atoms with Crippen molar-refractivity contribution in [3.8, 4) is 0 Å². The Morgan fingerprint density at radius 2 is 1.95 bits per heavy atom. The van der Waals surface area contributed by atoms with E-state index in [0.29, 0.717) is 6.04 Å². The SMILES string of the molecule is Cc1c(F)cccc1N1CCNC(Cc2ccccc2)C1. The van der Waals surface area contributed by atoms with E-state index < -0.39 is 0 Å². The van der Waals surface area contributed by atoms with Crippen molar-refractivity contribution in [1.82, 2.24) is 5.32 Å². The molecule has 110 valence electrons. The monoisotopic (exact) mass is 284 g/mol. The van der Waals surface area contributed by atoms with E-state index in [4.69, 9.17) is 0 Å². The quantitative estimate of drug-likeness (QED) is 0.931. The Morgan fingerprint density at radius 3 is 2.76 bits per heavy atom. The molecule has 0 bridgehead atoms. The van der Waals surface area contributed by atoms with E-state index in [-0.39, 0.29) is 5.82 Å². The van der Waals surface area contributed by atoms with Gasteiger partial charge in [-0.05, 0) is 31.0 Å². The predicted octanol–water partition coefficient (Wildman–Crippen LogP) is 3.16. The van der Waals surface area contributed by atoms with Gasteiger partial charge >= 0.3 is 0 Å².